The van der Waals surface area contributed by atoms with Gasteiger partial charge in [-0.15, -0.1) is 0 Å². The maximum Gasteiger partial charge on any atom is 0.407 e. The molecule has 4 N–H and O–H groups in total. The zero-order chi connectivity index (χ0) is 52.0. The molecule has 9 rings (SSSR count). The van der Waals surface area contributed by atoms with E-state index in [0.29, 0.717) is 61.5 Å². The first kappa shape index (κ1) is 51.2. The number of nitrogens with zero attached hydrogens (tertiary/aromatic N) is 6. The highest BCUT2D eigenvalue weighted by Gasteiger charge is 2.44. The molecule has 73 heavy (non-hydrogen) atoms. The third kappa shape index (κ3) is 10.2. The Morgan fingerprint density at radius 1 is 0.630 bits per heavy atom. The van der Waals surface area contributed by atoms with Crippen LogP contribution in [0.5, 0.6) is 0 Å². The first-order chi connectivity index (χ1) is 34.8. The first-order valence-corrected chi connectivity index (χ1v) is 25.2. The number of nitrogens with one attached hydrogen (secondary N) is 4. The molecule has 2 aromatic heterocycles. The molecule has 16 nitrogen and oxygen atoms in total. The van der Waals surface area contributed by atoms with Crippen LogP contribution in [0.3, 0.4) is 0 Å². The van der Waals surface area contributed by atoms with E-state index in [0.717, 1.165) is 35.0 Å². The zero-order valence-electron chi connectivity index (χ0n) is 41.8. The molecule has 3 unspecified atom stereocenters. The van der Waals surface area contributed by atoms with Gasteiger partial charge in [-0.2, -0.15) is 13.2 Å². The van der Waals surface area contributed by atoms with Crippen LogP contribution in [0.1, 0.15) is 126 Å². The lowest BCUT2D eigenvalue weighted by molar-refractivity contribution is -0.179. The number of likely N-dealkylation sites (tertiary alicyclic amines) is 2. The van der Waals surface area contributed by atoms with Crippen molar-refractivity contribution in [3.63, 3.8) is 0 Å². The maximum absolute atomic E-state index is 16.5. The van der Waals surface area contributed by atoms with Crippen LogP contribution in [-0.4, -0.2) is 112 Å². The summed E-state index contributed by atoms with van der Waals surface area (Å²) in [6, 6.07) is 10.9. The molecule has 4 aliphatic rings. The van der Waals surface area contributed by atoms with Gasteiger partial charge in [0.25, 0.3) is 0 Å². The van der Waals surface area contributed by atoms with Gasteiger partial charge < -0.3 is 49.7 Å². The lowest BCUT2D eigenvalue weighted by atomic mass is 9.95. The summed E-state index contributed by atoms with van der Waals surface area (Å²) in [6.45, 7) is 8.07. The average molecular weight is 1020 g/mol. The van der Waals surface area contributed by atoms with Crippen LogP contribution in [0.25, 0.3) is 22.1 Å². The van der Waals surface area contributed by atoms with Gasteiger partial charge in [-0.05, 0) is 111 Å². The second-order valence-corrected chi connectivity index (χ2v) is 20.5. The van der Waals surface area contributed by atoms with Crippen molar-refractivity contribution in [1.82, 2.24) is 40.4 Å². The van der Waals surface area contributed by atoms with E-state index in [1.165, 1.54) is 31.3 Å². The lowest BCUT2D eigenvalue weighted by Crippen LogP contribution is -2.51. The third-order valence-corrected chi connectivity index (χ3v) is 15.3. The van der Waals surface area contributed by atoms with Crippen molar-refractivity contribution < 1.29 is 50.6 Å². The number of hydrogen-bond acceptors (Lipinski definition) is 10. The van der Waals surface area contributed by atoms with Gasteiger partial charge in [0.05, 0.1) is 66.4 Å². The number of piperidine rings is 1. The molecule has 6 heterocycles. The van der Waals surface area contributed by atoms with E-state index >= 15 is 8.78 Å². The fourth-order valence-electron chi connectivity index (χ4n) is 11.5. The highest BCUT2D eigenvalue weighted by atomic mass is 19.4. The van der Waals surface area contributed by atoms with Crippen molar-refractivity contribution in [2.45, 2.75) is 121 Å². The Kier molecular flexibility index (Phi) is 14.5. The van der Waals surface area contributed by atoms with Gasteiger partial charge in [0.1, 0.15) is 29.4 Å². The predicted octanol–water partition coefficient (Wildman–Crippen LogP) is 9.67. The van der Waals surface area contributed by atoms with E-state index in [4.69, 9.17) is 19.4 Å². The molecule has 392 valence electrons. The van der Waals surface area contributed by atoms with Crippen molar-refractivity contribution >= 4 is 57.4 Å². The van der Waals surface area contributed by atoms with Crippen LogP contribution in [0.4, 0.5) is 42.9 Å². The fraction of sp³-hybridized carbons (Fsp3) is 0.538. The number of fused-ring (bicyclic) bond motifs is 2. The first-order valence-electron chi connectivity index (χ1n) is 25.2. The molecule has 0 spiro atoms. The Morgan fingerprint density at radius 3 is 1.47 bits per heavy atom. The summed E-state index contributed by atoms with van der Waals surface area (Å²) in [4.78, 5) is 75.9. The Bertz CT molecular complexity index is 2690. The summed E-state index contributed by atoms with van der Waals surface area (Å²) in [5.74, 6) is -3.00. The van der Waals surface area contributed by atoms with E-state index in [2.05, 4.69) is 20.6 Å². The number of H-pyrrole nitrogens is 2. The van der Waals surface area contributed by atoms with Crippen LogP contribution in [-0.2, 0) is 19.1 Å². The topological polar surface area (TPSA) is 181 Å². The van der Waals surface area contributed by atoms with Crippen LogP contribution < -0.4 is 20.4 Å². The molecular formula is C52H63F5N10O6. The number of aromatic amines is 2. The van der Waals surface area contributed by atoms with Gasteiger partial charge in [-0.1, -0.05) is 39.8 Å². The van der Waals surface area contributed by atoms with Gasteiger partial charge in [-0.3, -0.25) is 9.59 Å². The number of hydrogen-bond donors (Lipinski definition) is 4. The minimum atomic E-state index is -4.39. The number of anilines is 2. The van der Waals surface area contributed by atoms with E-state index < -0.39 is 60.1 Å². The summed E-state index contributed by atoms with van der Waals surface area (Å²) < 4.78 is 83.3. The van der Waals surface area contributed by atoms with Gasteiger partial charge >= 0.3 is 18.4 Å². The molecule has 0 saturated carbocycles. The van der Waals surface area contributed by atoms with Crippen molar-refractivity contribution in [2.24, 2.45) is 17.8 Å². The van der Waals surface area contributed by atoms with Crippen LogP contribution in [0.2, 0.25) is 0 Å². The van der Waals surface area contributed by atoms with Crippen molar-refractivity contribution in [2.75, 3.05) is 50.2 Å². The van der Waals surface area contributed by atoms with E-state index in [9.17, 15) is 32.3 Å². The molecular weight excluding hydrogens is 956 g/mol. The van der Waals surface area contributed by atoms with E-state index in [1.54, 1.807) is 9.80 Å². The Morgan fingerprint density at radius 2 is 1.07 bits per heavy atom. The van der Waals surface area contributed by atoms with Crippen LogP contribution >= 0.6 is 0 Å². The monoisotopic (exact) mass is 1020 g/mol. The molecule has 21 heteroatoms. The second-order valence-electron chi connectivity index (χ2n) is 20.5. The van der Waals surface area contributed by atoms with E-state index in [1.807, 2.05) is 69.0 Å². The highest BCUT2D eigenvalue weighted by Crippen LogP contribution is 2.49. The van der Waals surface area contributed by atoms with Crippen LogP contribution in [0.15, 0.2) is 48.5 Å². The number of aromatic nitrogens is 4. The summed E-state index contributed by atoms with van der Waals surface area (Å²) >= 11 is 0. The van der Waals surface area contributed by atoms with Gasteiger partial charge in [0.15, 0.2) is 11.6 Å². The molecule has 0 radical (unpaired) electrons. The number of carbonyl (C=O) groups excluding carboxylic acids is 4. The summed E-state index contributed by atoms with van der Waals surface area (Å²) in [5, 5.41) is 5.36. The minimum absolute atomic E-state index is 0.144. The number of alkyl carbamates (subject to hydrolysis) is 2. The Balaban J connectivity index is 1.04. The molecule has 4 fully saturated rings. The Hall–Kier alpha value is -6.67. The van der Waals surface area contributed by atoms with Crippen molar-refractivity contribution in [3.8, 4) is 0 Å². The van der Waals surface area contributed by atoms with Crippen molar-refractivity contribution in [1.29, 1.82) is 0 Å². The molecule has 5 aromatic rings. The normalized spacial score (nSPS) is 21.7. The standard InChI is InChI=1S/C52H63F5N10O6/c1-27(2)43(62-50(70)72-5)48(68)65-19-7-9-41(65)46-58-35-13-11-29(23-37(35)60-46)39-15-16-40(67(39)32-25-33(53)45(34(54)26-32)64-21-17-31(18-22-64)52(55,56)57)30-12-14-36-38(24-30)61-47(59-36)42-10-8-20-66(42)49(69)44(28(3)4)63-51(71)73-6/h11-14,23-28,31,39-44H,7-10,15-22H2,1-6H3,(H,58,60)(H,59,61)(H,62,70)(H,63,71)/t39-,40?,41?,42+,43?,44+/m1/s1. The lowest BCUT2D eigenvalue weighted by Gasteiger charge is -2.36. The number of alkyl halides is 3. The smallest absolute Gasteiger partial charge is 0.407 e. The summed E-state index contributed by atoms with van der Waals surface area (Å²) in [7, 11) is 2.49. The third-order valence-electron chi connectivity index (χ3n) is 15.3. The minimum Gasteiger partial charge on any atom is -0.453 e. The summed E-state index contributed by atoms with van der Waals surface area (Å²) in [5.41, 5.74) is 4.26. The summed E-state index contributed by atoms with van der Waals surface area (Å²) in [6.07, 6.45) is -2.41. The number of halogens is 5. The van der Waals surface area contributed by atoms with Gasteiger partial charge in [0.2, 0.25) is 11.8 Å². The SMILES string of the molecule is COC(=O)NC(C(=O)N1CCCC1c1nc2cc([C@H]3CCC(c4ccc5[nH]c([C@@H]6CCCN6C(=O)[C@@H](NC(=O)OC)C(C)C)nc5c4)N3c3cc(F)c(N4CCC(C(F)(F)F)CC4)c(F)c3)ccc2[nH]1)C(C)C. The molecule has 0 aliphatic carbocycles. The molecule has 4 aliphatic heterocycles. The molecule has 0 bridgehead atoms. The largest absolute Gasteiger partial charge is 0.453 e. The van der Waals surface area contributed by atoms with E-state index in [-0.39, 0.29) is 73.0 Å². The molecule has 6 atom stereocenters. The zero-order valence-corrected chi connectivity index (χ0v) is 41.8. The average Bonchev–Trinajstić information content (AvgIpc) is 4.22. The molecule has 3 aromatic carbocycles. The molecule has 4 amide bonds. The highest BCUT2D eigenvalue weighted by molar-refractivity contribution is 5.88. The predicted molar refractivity (Wildman–Crippen MR) is 262 cm³/mol. The fourth-order valence-corrected chi connectivity index (χ4v) is 11.5. The van der Waals surface area contributed by atoms with Crippen LogP contribution in [0, 0.1) is 29.4 Å². The van der Waals surface area contributed by atoms with Gasteiger partial charge in [0, 0.05) is 31.9 Å². The number of benzene rings is 3. The number of rotatable bonds is 12. The number of ether oxygens (including phenoxy) is 2. The van der Waals surface area contributed by atoms with Gasteiger partial charge in [-0.25, -0.2) is 28.3 Å². The second kappa shape index (κ2) is 20.7. The van der Waals surface area contributed by atoms with Crippen molar-refractivity contribution in [3.05, 3.63) is 82.9 Å². The maximum atomic E-state index is 16.5. The number of imidazole rings is 2. The molecule has 4 saturated heterocycles. The number of amides is 4. The number of methoxy groups -OCH3 is 2. The quantitative estimate of drug-likeness (QED) is 0.0879. The Labute approximate surface area is 419 Å². The number of carbonyl (C=O) groups is 4.